The van der Waals surface area contributed by atoms with Crippen molar-refractivity contribution in [2.24, 2.45) is 0 Å². The van der Waals surface area contributed by atoms with Crippen molar-refractivity contribution in [1.82, 2.24) is 15.0 Å². The van der Waals surface area contributed by atoms with E-state index in [0.29, 0.717) is 31.9 Å². The number of aromatic nitrogens is 2. The van der Waals surface area contributed by atoms with Crippen LogP contribution in [0.15, 0.2) is 77.6 Å². The molecular formula is C28H28FN3O3. The number of halogens is 1. The van der Waals surface area contributed by atoms with Crippen LogP contribution in [0.1, 0.15) is 33.7 Å². The van der Waals surface area contributed by atoms with Crippen LogP contribution in [0, 0.1) is 19.7 Å². The molecule has 0 spiro atoms. The molecule has 0 bridgehead atoms. The average molecular weight is 474 g/mol. The van der Waals surface area contributed by atoms with Crippen molar-refractivity contribution in [2.45, 2.75) is 39.8 Å². The minimum absolute atomic E-state index is 0.0150. The van der Waals surface area contributed by atoms with Gasteiger partial charge in [-0.05, 0) is 66.9 Å². The van der Waals surface area contributed by atoms with Crippen molar-refractivity contribution in [2.75, 3.05) is 6.61 Å². The minimum Gasteiger partial charge on any atom is -0.493 e. The SMILES string of the molecule is Cc1noc(C)c1CC(=O)N(Cc1ccncc1)Cc1cccc(OCCc2ccc(F)cc2)c1. The highest BCUT2D eigenvalue weighted by Gasteiger charge is 2.20. The van der Waals surface area contributed by atoms with Gasteiger partial charge in [-0.3, -0.25) is 9.78 Å². The quantitative estimate of drug-likeness (QED) is 0.316. The average Bonchev–Trinajstić information content (AvgIpc) is 3.18. The standard InChI is InChI=1S/C28H28FN3O3/c1-20-27(21(2)35-31-20)17-28(33)32(18-23-10-13-30-14-11-23)19-24-4-3-5-26(16-24)34-15-12-22-6-8-25(29)9-7-22/h3-11,13-14,16H,12,15,17-19H2,1-2H3. The molecule has 0 aliphatic heterocycles. The molecule has 0 unspecified atom stereocenters. The molecule has 0 saturated carbocycles. The van der Waals surface area contributed by atoms with Gasteiger partial charge in [0.25, 0.3) is 0 Å². The molecule has 35 heavy (non-hydrogen) atoms. The van der Waals surface area contributed by atoms with Gasteiger partial charge >= 0.3 is 0 Å². The highest BCUT2D eigenvalue weighted by atomic mass is 19.1. The first-order valence-electron chi connectivity index (χ1n) is 11.5. The van der Waals surface area contributed by atoms with E-state index in [-0.39, 0.29) is 18.1 Å². The molecule has 6 nitrogen and oxygen atoms in total. The van der Waals surface area contributed by atoms with E-state index in [1.54, 1.807) is 24.5 Å². The number of carbonyl (C=O) groups is 1. The number of ether oxygens (including phenoxy) is 1. The first-order valence-corrected chi connectivity index (χ1v) is 11.5. The fourth-order valence-electron chi connectivity index (χ4n) is 3.85. The van der Waals surface area contributed by atoms with Crippen molar-refractivity contribution in [3.8, 4) is 5.75 Å². The lowest BCUT2D eigenvalue weighted by molar-refractivity contribution is -0.131. The van der Waals surface area contributed by atoms with Gasteiger partial charge in [-0.15, -0.1) is 0 Å². The fraction of sp³-hybridized carbons (Fsp3) is 0.250. The van der Waals surface area contributed by atoms with Gasteiger partial charge in [0.05, 0.1) is 18.7 Å². The summed E-state index contributed by atoms with van der Waals surface area (Å²) in [6.45, 7) is 5.03. The Morgan fingerprint density at radius 1 is 0.971 bits per heavy atom. The van der Waals surface area contributed by atoms with Crippen LogP contribution >= 0.6 is 0 Å². The molecule has 2 aromatic carbocycles. The summed E-state index contributed by atoms with van der Waals surface area (Å²) in [6.07, 6.45) is 4.35. The number of amides is 1. The van der Waals surface area contributed by atoms with Crippen LogP contribution in [0.2, 0.25) is 0 Å². The molecule has 4 aromatic rings. The molecule has 4 rings (SSSR count). The van der Waals surface area contributed by atoms with Gasteiger partial charge in [-0.2, -0.15) is 0 Å². The number of carbonyl (C=O) groups excluding carboxylic acids is 1. The third-order valence-corrected chi connectivity index (χ3v) is 5.83. The summed E-state index contributed by atoms with van der Waals surface area (Å²) in [7, 11) is 0. The van der Waals surface area contributed by atoms with Gasteiger partial charge in [0, 0.05) is 37.5 Å². The van der Waals surface area contributed by atoms with E-state index in [0.717, 1.165) is 33.7 Å². The molecular weight excluding hydrogens is 445 g/mol. The smallest absolute Gasteiger partial charge is 0.227 e. The summed E-state index contributed by atoms with van der Waals surface area (Å²) in [6, 6.07) is 18.0. The zero-order valence-corrected chi connectivity index (χ0v) is 19.9. The number of aryl methyl sites for hydroxylation is 2. The monoisotopic (exact) mass is 473 g/mol. The van der Waals surface area contributed by atoms with Crippen molar-refractivity contribution in [1.29, 1.82) is 0 Å². The van der Waals surface area contributed by atoms with Crippen LogP contribution in [0.4, 0.5) is 4.39 Å². The molecule has 2 aromatic heterocycles. The lowest BCUT2D eigenvalue weighted by Gasteiger charge is -2.23. The Balaban J connectivity index is 1.44. The Kier molecular flexibility index (Phi) is 7.88. The largest absolute Gasteiger partial charge is 0.493 e. The molecule has 0 N–H and O–H groups in total. The Bertz CT molecular complexity index is 1240. The third kappa shape index (κ3) is 6.76. The zero-order valence-electron chi connectivity index (χ0n) is 19.9. The zero-order chi connectivity index (χ0) is 24.6. The molecule has 0 saturated heterocycles. The topological polar surface area (TPSA) is 68.5 Å². The van der Waals surface area contributed by atoms with Crippen LogP contribution in [0.5, 0.6) is 5.75 Å². The maximum Gasteiger partial charge on any atom is 0.227 e. The van der Waals surface area contributed by atoms with Gasteiger partial charge in [-0.25, -0.2) is 4.39 Å². The molecule has 180 valence electrons. The summed E-state index contributed by atoms with van der Waals surface area (Å²) < 4.78 is 24.3. The Hall–Kier alpha value is -4.00. The summed E-state index contributed by atoms with van der Waals surface area (Å²) in [5.41, 5.74) is 4.53. The van der Waals surface area contributed by atoms with E-state index in [9.17, 15) is 9.18 Å². The van der Waals surface area contributed by atoms with E-state index in [1.165, 1.54) is 12.1 Å². The Morgan fingerprint density at radius 2 is 1.71 bits per heavy atom. The van der Waals surface area contributed by atoms with Crippen LogP contribution in [-0.4, -0.2) is 27.6 Å². The van der Waals surface area contributed by atoms with Crippen molar-refractivity contribution < 1.29 is 18.4 Å². The summed E-state index contributed by atoms with van der Waals surface area (Å²) >= 11 is 0. The maximum atomic E-state index is 13.3. The second-order valence-corrected chi connectivity index (χ2v) is 8.46. The van der Waals surface area contributed by atoms with Crippen LogP contribution in [0.25, 0.3) is 0 Å². The fourth-order valence-corrected chi connectivity index (χ4v) is 3.85. The lowest BCUT2D eigenvalue weighted by Crippen LogP contribution is -2.31. The molecule has 0 aliphatic carbocycles. The van der Waals surface area contributed by atoms with E-state index in [4.69, 9.17) is 9.26 Å². The van der Waals surface area contributed by atoms with E-state index < -0.39 is 0 Å². The number of benzene rings is 2. The maximum absolute atomic E-state index is 13.3. The second kappa shape index (κ2) is 11.4. The predicted molar refractivity (Wildman–Crippen MR) is 130 cm³/mol. The number of rotatable bonds is 10. The van der Waals surface area contributed by atoms with Crippen LogP contribution < -0.4 is 4.74 Å². The molecule has 2 heterocycles. The summed E-state index contributed by atoms with van der Waals surface area (Å²) in [5, 5.41) is 3.97. The molecule has 0 fully saturated rings. The van der Waals surface area contributed by atoms with Gasteiger partial charge in [0.15, 0.2) is 0 Å². The minimum atomic E-state index is -0.248. The number of hydrogen-bond acceptors (Lipinski definition) is 5. The van der Waals surface area contributed by atoms with Gasteiger partial charge in [0.1, 0.15) is 17.3 Å². The van der Waals surface area contributed by atoms with Gasteiger partial charge in [-0.1, -0.05) is 29.4 Å². The van der Waals surface area contributed by atoms with Gasteiger partial charge in [0.2, 0.25) is 5.91 Å². The number of pyridine rings is 1. The molecule has 0 aliphatic rings. The lowest BCUT2D eigenvalue weighted by atomic mass is 10.1. The molecule has 0 atom stereocenters. The normalized spacial score (nSPS) is 10.8. The third-order valence-electron chi connectivity index (χ3n) is 5.83. The first kappa shape index (κ1) is 24.1. The van der Waals surface area contributed by atoms with E-state index in [2.05, 4.69) is 10.1 Å². The first-order chi connectivity index (χ1) is 17.0. The Morgan fingerprint density at radius 3 is 2.43 bits per heavy atom. The summed E-state index contributed by atoms with van der Waals surface area (Å²) in [4.78, 5) is 19.2. The van der Waals surface area contributed by atoms with Crippen molar-refractivity contribution in [3.05, 3.63) is 113 Å². The van der Waals surface area contributed by atoms with Gasteiger partial charge < -0.3 is 14.2 Å². The van der Waals surface area contributed by atoms with Crippen LogP contribution in [-0.2, 0) is 30.7 Å². The second-order valence-electron chi connectivity index (χ2n) is 8.46. The summed E-state index contributed by atoms with van der Waals surface area (Å²) in [5.74, 6) is 1.13. The highest BCUT2D eigenvalue weighted by molar-refractivity contribution is 5.79. The van der Waals surface area contributed by atoms with Crippen LogP contribution in [0.3, 0.4) is 0 Å². The van der Waals surface area contributed by atoms with Crippen molar-refractivity contribution >= 4 is 5.91 Å². The number of nitrogens with zero attached hydrogens (tertiary/aromatic N) is 3. The molecule has 1 amide bonds. The molecule has 7 heteroatoms. The van der Waals surface area contributed by atoms with E-state index >= 15 is 0 Å². The Labute approximate surface area is 204 Å². The number of hydrogen-bond donors (Lipinski definition) is 0. The highest BCUT2D eigenvalue weighted by Crippen LogP contribution is 2.20. The van der Waals surface area contributed by atoms with E-state index in [1.807, 2.05) is 55.1 Å². The molecule has 0 radical (unpaired) electrons. The predicted octanol–water partition coefficient (Wildman–Crippen LogP) is 5.22. The van der Waals surface area contributed by atoms with Crippen molar-refractivity contribution in [3.63, 3.8) is 0 Å².